The van der Waals surface area contributed by atoms with Crippen molar-refractivity contribution < 1.29 is 4.92 Å². The molecule has 0 bridgehead atoms. The molecule has 1 radical (unpaired) electrons. The largest absolute Gasteiger partial charge is 0.364 e. The van der Waals surface area contributed by atoms with Gasteiger partial charge in [0, 0.05) is 18.1 Å². The van der Waals surface area contributed by atoms with Crippen LogP contribution in [0.1, 0.15) is 31.2 Å². The van der Waals surface area contributed by atoms with Gasteiger partial charge in [-0.3, -0.25) is 10.1 Å². The molecule has 1 aliphatic rings. The van der Waals surface area contributed by atoms with Gasteiger partial charge in [-0.05, 0) is 49.7 Å². The molecule has 0 spiro atoms. The summed E-state index contributed by atoms with van der Waals surface area (Å²) in [7, 11) is 0. The lowest BCUT2D eigenvalue weighted by Crippen LogP contribution is -2.19. The number of nitrogens with zero attached hydrogens (tertiary/aromatic N) is 3. The molecule has 0 unspecified atom stereocenters. The van der Waals surface area contributed by atoms with Gasteiger partial charge >= 0.3 is 5.69 Å². The third kappa shape index (κ3) is 4.82. The van der Waals surface area contributed by atoms with Gasteiger partial charge in [-0.15, -0.1) is 0 Å². The summed E-state index contributed by atoms with van der Waals surface area (Å²) in [4.78, 5) is 19.1. The molecule has 2 aromatic rings. The molecular weight excluding hydrogens is 354 g/mol. The molecule has 1 fully saturated rings. The average Bonchev–Trinajstić information content (AvgIpc) is 2.66. The van der Waals surface area contributed by atoms with E-state index < -0.39 is 4.92 Å². The Morgan fingerprint density at radius 3 is 2.73 bits per heavy atom. The van der Waals surface area contributed by atoms with E-state index in [1.807, 2.05) is 24.3 Å². The van der Waals surface area contributed by atoms with E-state index in [4.69, 9.17) is 11.6 Å². The maximum absolute atomic E-state index is 11.3. The quantitative estimate of drug-likeness (QED) is 0.549. The lowest BCUT2D eigenvalue weighted by Gasteiger charge is -2.21. The Hall–Kier alpha value is -2.41. The zero-order valence-electron chi connectivity index (χ0n) is 14.3. The predicted octanol–water partition coefficient (Wildman–Crippen LogP) is 4.46. The molecule has 0 aliphatic heterocycles. The van der Waals surface area contributed by atoms with Crippen molar-refractivity contribution in [2.75, 3.05) is 17.2 Å². The number of anilines is 2. The first-order valence-electron chi connectivity index (χ1n) is 8.67. The summed E-state index contributed by atoms with van der Waals surface area (Å²) in [5, 5.41) is 18.1. The van der Waals surface area contributed by atoms with E-state index in [0.29, 0.717) is 30.0 Å². The molecule has 137 valence electrons. The SMILES string of the molecule is O=[N+]([O-])c1cnc(NCc2ccccc2Cl)nc1NCC1CC[CH]CC1. The first kappa shape index (κ1) is 18.4. The second kappa shape index (κ2) is 8.80. The molecule has 26 heavy (non-hydrogen) atoms. The van der Waals surface area contributed by atoms with Crippen LogP contribution in [0.25, 0.3) is 0 Å². The number of rotatable bonds is 7. The molecule has 1 saturated carbocycles. The molecule has 0 saturated heterocycles. The summed E-state index contributed by atoms with van der Waals surface area (Å²) in [6.45, 7) is 1.12. The third-order valence-electron chi connectivity index (χ3n) is 4.48. The smallest absolute Gasteiger partial charge is 0.329 e. The monoisotopic (exact) mass is 374 g/mol. The van der Waals surface area contributed by atoms with Crippen LogP contribution < -0.4 is 10.6 Å². The van der Waals surface area contributed by atoms with Crippen LogP contribution in [0, 0.1) is 22.5 Å². The summed E-state index contributed by atoms with van der Waals surface area (Å²) in [6, 6.07) is 7.47. The van der Waals surface area contributed by atoms with Gasteiger partial charge in [0.05, 0.1) is 4.92 Å². The zero-order chi connectivity index (χ0) is 18.4. The summed E-state index contributed by atoms with van der Waals surface area (Å²) >= 11 is 6.14. The van der Waals surface area contributed by atoms with E-state index in [1.165, 1.54) is 6.20 Å². The lowest BCUT2D eigenvalue weighted by atomic mass is 9.89. The second-order valence-corrected chi connectivity index (χ2v) is 6.73. The molecule has 1 aromatic heterocycles. The van der Waals surface area contributed by atoms with Crippen LogP contribution in [-0.2, 0) is 6.54 Å². The molecule has 0 atom stereocenters. The normalized spacial score (nSPS) is 14.8. The molecular formula is C18H21ClN5O2. The minimum Gasteiger partial charge on any atom is -0.364 e. The van der Waals surface area contributed by atoms with Crippen molar-refractivity contribution in [3.63, 3.8) is 0 Å². The van der Waals surface area contributed by atoms with E-state index in [9.17, 15) is 10.1 Å². The van der Waals surface area contributed by atoms with E-state index in [-0.39, 0.29) is 11.5 Å². The minimum absolute atomic E-state index is 0.115. The van der Waals surface area contributed by atoms with Crippen LogP contribution in [0.5, 0.6) is 0 Å². The highest BCUT2D eigenvalue weighted by Crippen LogP contribution is 2.26. The summed E-state index contributed by atoms with van der Waals surface area (Å²) < 4.78 is 0. The van der Waals surface area contributed by atoms with Crippen molar-refractivity contribution in [2.24, 2.45) is 5.92 Å². The van der Waals surface area contributed by atoms with Crippen molar-refractivity contribution in [1.82, 2.24) is 9.97 Å². The fourth-order valence-corrected chi connectivity index (χ4v) is 3.18. The van der Waals surface area contributed by atoms with Crippen LogP contribution >= 0.6 is 11.6 Å². The van der Waals surface area contributed by atoms with Gasteiger partial charge < -0.3 is 10.6 Å². The average molecular weight is 375 g/mol. The Kier molecular flexibility index (Phi) is 6.22. The first-order chi connectivity index (χ1) is 12.6. The topological polar surface area (TPSA) is 93.0 Å². The minimum atomic E-state index is -0.463. The molecule has 1 aliphatic carbocycles. The highest BCUT2D eigenvalue weighted by atomic mass is 35.5. The highest BCUT2D eigenvalue weighted by molar-refractivity contribution is 6.31. The fraction of sp³-hybridized carbons (Fsp3) is 0.389. The summed E-state index contributed by atoms with van der Waals surface area (Å²) in [6.07, 6.45) is 7.93. The fourth-order valence-electron chi connectivity index (χ4n) is 2.98. The van der Waals surface area contributed by atoms with Crippen molar-refractivity contribution in [3.05, 3.63) is 57.6 Å². The Labute approximate surface area is 157 Å². The number of hydrogen-bond acceptors (Lipinski definition) is 6. The lowest BCUT2D eigenvalue weighted by molar-refractivity contribution is -0.384. The summed E-state index contributed by atoms with van der Waals surface area (Å²) in [5.74, 6) is 1.09. The van der Waals surface area contributed by atoms with Crippen LogP contribution in [0.3, 0.4) is 0 Å². The Balaban J connectivity index is 1.68. The number of halogens is 1. The third-order valence-corrected chi connectivity index (χ3v) is 4.85. The maximum Gasteiger partial charge on any atom is 0.329 e. The number of benzene rings is 1. The molecule has 2 N–H and O–H groups in total. The van der Waals surface area contributed by atoms with E-state index in [1.54, 1.807) is 0 Å². The number of aromatic nitrogens is 2. The van der Waals surface area contributed by atoms with Crippen LogP contribution in [0.15, 0.2) is 30.5 Å². The van der Waals surface area contributed by atoms with E-state index in [2.05, 4.69) is 27.0 Å². The molecule has 0 amide bonds. The standard InChI is InChI=1S/C18H21ClN5O2/c19-15-9-5-4-8-14(15)11-21-18-22-12-16(24(25)26)17(23-18)20-10-13-6-2-1-3-7-13/h1,4-5,8-9,12-13H,2-3,6-7,10-11H2,(H2,20,21,22,23). The Bertz CT molecular complexity index is 765. The van der Waals surface area contributed by atoms with Crippen molar-refractivity contribution in [3.8, 4) is 0 Å². The van der Waals surface area contributed by atoms with E-state index >= 15 is 0 Å². The van der Waals surface area contributed by atoms with Gasteiger partial charge in [0.25, 0.3) is 0 Å². The summed E-state index contributed by atoms with van der Waals surface area (Å²) in [5.41, 5.74) is 0.791. The van der Waals surface area contributed by atoms with Gasteiger partial charge in [0.1, 0.15) is 6.20 Å². The molecule has 1 heterocycles. The van der Waals surface area contributed by atoms with E-state index in [0.717, 1.165) is 31.2 Å². The molecule has 8 heteroatoms. The molecule has 1 aromatic carbocycles. The van der Waals surface area contributed by atoms with Crippen molar-refractivity contribution in [2.45, 2.75) is 32.2 Å². The van der Waals surface area contributed by atoms with Crippen molar-refractivity contribution in [1.29, 1.82) is 0 Å². The number of nitrogens with one attached hydrogen (secondary N) is 2. The predicted molar refractivity (Wildman–Crippen MR) is 102 cm³/mol. The van der Waals surface area contributed by atoms with Crippen molar-refractivity contribution >= 4 is 29.1 Å². The molecule has 3 rings (SSSR count). The van der Waals surface area contributed by atoms with Crippen LogP contribution in [-0.4, -0.2) is 21.4 Å². The van der Waals surface area contributed by atoms with Gasteiger partial charge in [-0.1, -0.05) is 29.8 Å². The van der Waals surface area contributed by atoms with Gasteiger partial charge in [-0.2, -0.15) is 4.98 Å². The Morgan fingerprint density at radius 1 is 1.23 bits per heavy atom. The van der Waals surface area contributed by atoms with Gasteiger partial charge in [-0.25, -0.2) is 4.98 Å². The first-order valence-corrected chi connectivity index (χ1v) is 9.05. The van der Waals surface area contributed by atoms with Gasteiger partial charge in [0.15, 0.2) is 0 Å². The molecule has 7 nitrogen and oxygen atoms in total. The number of nitro groups is 1. The van der Waals surface area contributed by atoms with Gasteiger partial charge in [0.2, 0.25) is 11.8 Å². The van der Waals surface area contributed by atoms with Crippen LogP contribution in [0.2, 0.25) is 5.02 Å². The maximum atomic E-state index is 11.3. The number of hydrogen-bond donors (Lipinski definition) is 2. The van der Waals surface area contributed by atoms with Crippen LogP contribution in [0.4, 0.5) is 17.5 Å². The zero-order valence-corrected chi connectivity index (χ0v) is 15.1. The Morgan fingerprint density at radius 2 is 2.00 bits per heavy atom. The second-order valence-electron chi connectivity index (χ2n) is 6.32. The highest BCUT2D eigenvalue weighted by Gasteiger charge is 2.20.